The Labute approximate surface area is 324 Å². The Balaban J connectivity index is 2.53. The Morgan fingerprint density at radius 2 is 1.30 bits per heavy atom. The van der Waals surface area contributed by atoms with Crippen molar-refractivity contribution in [2.75, 3.05) is 26.9 Å². The first kappa shape index (κ1) is 48.3. The number of carbonyl (C=O) groups excluding carboxylic acids is 3. The van der Waals surface area contributed by atoms with Gasteiger partial charge in [-0.15, -0.1) is 0 Å². The van der Waals surface area contributed by atoms with Crippen LogP contribution in [0.5, 0.6) is 5.75 Å². The molecular formula is C43H69NO10. The maximum absolute atomic E-state index is 13.5. The third kappa shape index (κ3) is 23.1. The molecule has 0 saturated carbocycles. The van der Waals surface area contributed by atoms with Crippen molar-refractivity contribution in [2.24, 2.45) is 11.3 Å². The molecule has 0 N–H and O–H groups in total. The summed E-state index contributed by atoms with van der Waals surface area (Å²) >= 11 is 0. The van der Waals surface area contributed by atoms with Crippen LogP contribution in [0.25, 0.3) is 0 Å². The highest BCUT2D eigenvalue weighted by molar-refractivity contribution is 5.77. The first-order valence-corrected chi connectivity index (χ1v) is 20.3. The van der Waals surface area contributed by atoms with Crippen molar-refractivity contribution >= 4 is 23.8 Å². The van der Waals surface area contributed by atoms with E-state index in [0.717, 1.165) is 83.5 Å². The lowest BCUT2D eigenvalue weighted by atomic mass is 9.83. The number of hydrogen-bond acceptors (Lipinski definition) is 10. The van der Waals surface area contributed by atoms with E-state index in [0.29, 0.717) is 12.8 Å². The van der Waals surface area contributed by atoms with Crippen molar-refractivity contribution in [2.45, 2.75) is 156 Å². The van der Waals surface area contributed by atoms with Gasteiger partial charge in [-0.1, -0.05) is 102 Å². The molecule has 0 heterocycles. The fourth-order valence-corrected chi connectivity index (χ4v) is 5.80. The zero-order valence-electron chi connectivity index (χ0n) is 33.9. The molecule has 0 spiro atoms. The molecule has 0 amide bonds. The predicted molar refractivity (Wildman–Crippen MR) is 212 cm³/mol. The molecule has 0 aromatic heterocycles. The van der Waals surface area contributed by atoms with E-state index in [4.69, 9.17) is 23.7 Å². The number of non-ortho nitro benzene ring substituents is 1. The minimum atomic E-state index is -1.23. The molecule has 0 bridgehead atoms. The van der Waals surface area contributed by atoms with Crippen LogP contribution in [0.3, 0.4) is 0 Å². The maximum atomic E-state index is 13.5. The molecule has 2 atom stereocenters. The number of allylic oxidation sites excluding steroid dienone is 4. The van der Waals surface area contributed by atoms with Gasteiger partial charge in [-0.25, -0.2) is 4.79 Å². The second-order valence-electron chi connectivity index (χ2n) is 14.6. The van der Waals surface area contributed by atoms with E-state index < -0.39 is 28.6 Å². The Morgan fingerprint density at radius 1 is 0.741 bits per heavy atom. The van der Waals surface area contributed by atoms with Crippen LogP contribution < -0.4 is 4.74 Å². The Kier molecular flexibility index (Phi) is 27.3. The maximum Gasteiger partial charge on any atom is 0.514 e. The standard InChI is InChI=1S/C43H69NO10/c1-6-8-10-12-14-15-16-17-18-19-20-21-22-24-26-28-40(45)51-34-36(33-50-5)35-52-41(46)43(3,4)39(27-25-23-13-11-9-7-2)54-42(47)53-38-31-29-37(30-32-38)44(48)49/h14-15,17-18,29-32,36,39H,6-13,16,19-28,33-35H2,1-5H3/b15-14-,18-17-. The highest BCUT2D eigenvalue weighted by Gasteiger charge is 2.41. The summed E-state index contributed by atoms with van der Waals surface area (Å²) < 4.78 is 27.5. The van der Waals surface area contributed by atoms with E-state index in [-0.39, 0.29) is 43.1 Å². The summed E-state index contributed by atoms with van der Waals surface area (Å²) in [4.78, 5) is 49.1. The Morgan fingerprint density at radius 3 is 1.93 bits per heavy atom. The van der Waals surface area contributed by atoms with E-state index in [1.54, 1.807) is 13.8 Å². The lowest BCUT2D eigenvalue weighted by Crippen LogP contribution is -2.42. The summed E-state index contributed by atoms with van der Waals surface area (Å²) in [5, 5.41) is 11.0. The quantitative estimate of drug-likeness (QED) is 0.0132. The van der Waals surface area contributed by atoms with Crippen LogP contribution in [0, 0.1) is 21.4 Å². The van der Waals surface area contributed by atoms with Gasteiger partial charge >= 0.3 is 18.1 Å². The van der Waals surface area contributed by atoms with E-state index in [9.17, 15) is 24.5 Å². The number of carbonyl (C=O) groups is 3. The molecular weight excluding hydrogens is 690 g/mol. The molecule has 1 aromatic rings. The third-order valence-electron chi connectivity index (χ3n) is 9.30. The normalized spacial score (nSPS) is 12.8. The van der Waals surface area contributed by atoms with Crippen molar-refractivity contribution in [3.63, 3.8) is 0 Å². The smallest absolute Gasteiger partial charge is 0.465 e. The van der Waals surface area contributed by atoms with Crippen LogP contribution in [-0.2, 0) is 28.5 Å². The molecule has 11 nitrogen and oxygen atoms in total. The number of unbranched alkanes of at least 4 members (excludes halogenated alkanes) is 13. The van der Waals surface area contributed by atoms with Crippen molar-refractivity contribution in [3.05, 3.63) is 58.7 Å². The molecule has 0 radical (unpaired) electrons. The van der Waals surface area contributed by atoms with Gasteiger partial charge in [0.05, 0.1) is 36.1 Å². The fourth-order valence-electron chi connectivity index (χ4n) is 5.80. The van der Waals surface area contributed by atoms with Gasteiger partial charge in [0.15, 0.2) is 0 Å². The van der Waals surface area contributed by atoms with E-state index in [1.807, 2.05) is 0 Å². The largest absolute Gasteiger partial charge is 0.514 e. The average Bonchev–Trinajstić information content (AvgIpc) is 3.15. The van der Waals surface area contributed by atoms with Crippen LogP contribution in [0.2, 0.25) is 0 Å². The van der Waals surface area contributed by atoms with Crippen LogP contribution >= 0.6 is 0 Å². The number of ether oxygens (including phenoxy) is 5. The molecule has 11 heteroatoms. The monoisotopic (exact) mass is 759 g/mol. The highest BCUT2D eigenvalue weighted by Crippen LogP contribution is 2.31. The van der Waals surface area contributed by atoms with Gasteiger partial charge in [-0.05, 0) is 77.3 Å². The molecule has 306 valence electrons. The van der Waals surface area contributed by atoms with E-state index in [2.05, 4.69) is 38.2 Å². The van der Waals surface area contributed by atoms with Crippen LogP contribution in [-0.4, -0.2) is 56.1 Å². The zero-order chi connectivity index (χ0) is 39.9. The van der Waals surface area contributed by atoms with Gasteiger partial charge in [0, 0.05) is 25.7 Å². The summed E-state index contributed by atoms with van der Waals surface area (Å²) in [5.74, 6) is -1.14. The van der Waals surface area contributed by atoms with Crippen LogP contribution in [0.15, 0.2) is 48.6 Å². The van der Waals surface area contributed by atoms with Gasteiger partial charge in [0.25, 0.3) is 5.69 Å². The van der Waals surface area contributed by atoms with Gasteiger partial charge in [0.1, 0.15) is 11.9 Å². The van der Waals surface area contributed by atoms with Crippen molar-refractivity contribution in [3.8, 4) is 5.75 Å². The highest BCUT2D eigenvalue weighted by atomic mass is 16.7. The van der Waals surface area contributed by atoms with Crippen LogP contribution in [0.4, 0.5) is 10.5 Å². The number of methoxy groups -OCH3 is 1. The minimum absolute atomic E-state index is 0.0376. The first-order chi connectivity index (χ1) is 26.0. The van der Waals surface area contributed by atoms with E-state index in [1.165, 1.54) is 57.1 Å². The van der Waals surface area contributed by atoms with Crippen molar-refractivity contribution in [1.29, 1.82) is 0 Å². The fraction of sp³-hybridized carbons (Fsp3) is 0.698. The topological polar surface area (TPSA) is 140 Å². The third-order valence-corrected chi connectivity index (χ3v) is 9.30. The molecule has 0 fully saturated rings. The number of nitro benzene ring substituents is 1. The number of benzene rings is 1. The molecule has 0 aliphatic heterocycles. The molecule has 54 heavy (non-hydrogen) atoms. The number of rotatable bonds is 32. The lowest BCUT2D eigenvalue weighted by molar-refractivity contribution is -0.384. The molecule has 2 unspecified atom stereocenters. The number of esters is 2. The molecule has 0 aliphatic rings. The minimum Gasteiger partial charge on any atom is -0.465 e. The van der Waals surface area contributed by atoms with Crippen LogP contribution in [0.1, 0.15) is 150 Å². The van der Waals surface area contributed by atoms with Gasteiger partial charge in [-0.2, -0.15) is 0 Å². The summed E-state index contributed by atoms with van der Waals surface area (Å²) in [7, 11) is 1.53. The van der Waals surface area contributed by atoms with Crippen molar-refractivity contribution < 1.29 is 43.0 Å². The predicted octanol–water partition coefficient (Wildman–Crippen LogP) is 11.4. The molecule has 0 saturated heterocycles. The Bertz CT molecular complexity index is 1230. The number of nitro groups is 1. The molecule has 0 aliphatic carbocycles. The first-order valence-electron chi connectivity index (χ1n) is 20.3. The average molecular weight is 760 g/mol. The summed E-state index contributed by atoms with van der Waals surface area (Å²) in [5.41, 5.74) is -1.37. The molecule has 1 aromatic carbocycles. The molecule has 1 rings (SSSR count). The number of nitrogens with zero attached hydrogens (tertiary/aromatic N) is 1. The zero-order valence-corrected chi connectivity index (χ0v) is 33.9. The van der Waals surface area contributed by atoms with E-state index >= 15 is 0 Å². The Hall–Kier alpha value is -3.73. The van der Waals surface area contributed by atoms with Gasteiger partial charge in [-0.3, -0.25) is 19.7 Å². The second-order valence-corrected chi connectivity index (χ2v) is 14.6. The summed E-state index contributed by atoms with van der Waals surface area (Å²) in [6, 6.07) is 5.06. The second kappa shape index (κ2) is 30.6. The number of hydrogen-bond donors (Lipinski definition) is 0. The van der Waals surface area contributed by atoms with Gasteiger partial charge in [0.2, 0.25) is 0 Å². The SMILES string of the molecule is CCCCC/C=C\C/C=C\CCCCCCCC(=O)OCC(COC)COC(=O)C(C)(C)C(CCCCCCCC)OC(=O)Oc1ccc([N+](=O)[O-])cc1. The van der Waals surface area contributed by atoms with Gasteiger partial charge < -0.3 is 23.7 Å². The summed E-state index contributed by atoms with van der Waals surface area (Å²) in [6.07, 6.45) is 26.1. The van der Waals surface area contributed by atoms with Crippen molar-refractivity contribution in [1.82, 2.24) is 0 Å². The summed E-state index contributed by atoms with van der Waals surface area (Å²) in [6.45, 7) is 7.93. The lowest BCUT2D eigenvalue weighted by Gasteiger charge is -2.32.